The van der Waals surface area contributed by atoms with E-state index >= 15 is 0 Å². The van der Waals surface area contributed by atoms with E-state index < -0.39 is 36.4 Å². The van der Waals surface area contributed by atoms with Crippen molar-refractivity contribution in [1.82, 2.24) is 0 Å². The lowest BCUT2D eigenvalue weighted by Crippen LogP contribution is -2.36. The molecule has 0 aromatic heterocycles. The lowest BCUT2D eigenvalue weighted by Gasteiger charge is -2.15. The van der Waals surface area contributed by atoms with E-state index in [0.29, 0.717) is 11.1 Å². The lowest BCUT2D eigenvalue weighted by atomic mass is 10.1. The summed E-state index contributed by atoms with van der Waals surface area (Å²) in [5.74, 6) is -1.11. The molecule has 27 heavy (non-hydrogen) atoms. The molecule has 2 aromatic rings. The van der Waals surface area contributed by atoms with Crippen molar-refractivity contribution in [2.75, 3.05) is 13.2 Å². The molecule has 0 spiro atoms. The number of rotatable bonds is 6. The van der Waals surface area contributed by atoms with E-state index in [4.69, 9.17) is 14.2 Å². The van der Waals surface area contributed by atoms with Crippen molar-refractivity contribution in [2.45, 2.75) is 24.4 Å². The molecule has 0 radical (unpaired) electrons. The van der Waals surface area contributed by atoms with E-state index in [9.17, 15) is 19.8 Å². The van der Waals surface area contributed by atoms with E-state index in [1.54, 1.807) is 60.7 Å². The smallest absolute Gasteiger partial charge is 0.338 e. The Hall–Kier alpha value is -2.74. The number of hydrogen-bond donors (Lipinski definition) is 2. The fourth-order valence-electron chi connectivity index (χ4n) is 2.73. The van der Waals surface area contributed by atoms with Crippen molar-refractivity contribution in [3.63, 3.8) is 0 Å². The summed E-state index contributed by atoms with van der Waals surface area (Å²) in [6.45, 7) is -0.454. The van der Waals surface area contributed by atoms with Gasteiger partial charge in [-0.05, 0) is 24.3 Å². The second-order valence-electron chi connectivity index (χ2n) is 6.12. The Morgan fingerprint density at radius 3 is 1.48 bits per heavy atom. The number of carbonyl (C=O) groups excluding carboxylic acids is 2. The van der Waals surface area contributed by atoms with Crippen LogP contribution < -0.4 is 0 Å². The molecule has 0 saturated carbocycles. The number of aliphatic hydroxyl groups is 2. The minimum Gasteiger partial charge on any atom is -0.459 e. The van der Waals surface area contributed by atoms with Gasteiger partial charge >= 0.3 is 11.9 Å². The van der Waals surface area contributed by atoms with Gasteiger partial charge in [0.05, 0.1) is 11.1 Å². The Bertz CT molecular complexity index is 697. The highest BCUT2D eigenvalue weighted by molar-refractivity contribution is 5.89. The molecular formula is C20H20O7. The molecule has 2 N–H and O–H groups in total. The normalized spacial score (nSPS) is 24.4. The van der Waals surface area contributed by atoms with Gasteiger partial charge in [0.1, 0.15) is 37.6 Å². The van der Waals surface area contributed by atoms with Crippen LogP contribution in [0.1, 0.15) is 20.7 Å². The maximum Gasteiger partial charge on any atom is 0.338 e. The predicted molar refractivity (Wildman–Crippen MR) is 94.1 cm³/mol. The highest BCUT2D eigenvalue weighted by Crippen LogP contribution is 2.22. The van der Waals surface area contributed by atoms with Crippen molar-refractivity contribution >= 4 is 11.9 Å². The molecule has 0 bridgehead atoms. The van der Waals surface area contributed by atoms with Crippen LogP contribution in [0.2, 0.25) is 0 Å². The Labute approximate surface area is 156 Å². The first-order chi connectivity index (χ1) is 13.1. The third-order valence-electron chi connectivity index (χ3n) is 4.24. The summed E-state index contributed by atoms with van der Waals surface area (Å²) in [5, 5.41) is 20.2. The van der Waals surface area contributed by atoms with Gasteiger partial charge in [0.2, 0.25) is 0 Å². The zero-order valence-electron chi connectivity index (χ0n) is 14.4. The van der Waals surface area contributed by atoms with E-state index in [0.717, 1.165) is 0 Å². The van der Waals surface area contributed by atoms with Gasteiger partial charge in [-0.2, -0.15) is 0 Å². The first-order valence-electron chi connectivity index (χ1n) is 8.52. The van der Waals surface area contributed by atoms with Crippen molar-refractivity contribution in [3.8, 4) is 0 Å². The molecule has 1 heterocycles. The molecule has 1 aliphatic heterocycles. The van der Waals surface area contributed by atoms with Crippen LogP contribution in [0.15, 0.2) is 60.7 Å². The van der Waals surface area contributed by atoms with Gasteiger partial charge in [0, 0.05) is 0 Å². The van der Waals surface area contributed by atoms with Crippen molar-refractivity contribution in [1.29, 1.82) is 0 Å². The second-order valence-corrected chi connectivity index (χ2v) is 6.12. The molecule has 1 saturated heterocycles. The number of benzene rings is 2. The van der Waals surface area contributed by atoms with Crippen molar-refractivity contribution in [3.05, 3.63) is 71.8 Å². The van der Waals surface area contributed by atoms with Gasteiger partial charge in [0.15, 0.2) is 0 Å². The molecule has 7 heteroatoms. The largest absolute Gasteiger partial charge is 0.459 e. The van der Waals surface area contributed by atoms with E-state index in [1.165, 1.54) is 0 Å². The predicted octanol–water partition coefficient (Wildman–Crippen LogP) is 1.19. The van der Waals surface area contributed by atoms with E-state index in [2.05, 4.69) is 0 Å². The third-order valence-corrected chi connectivity index (χ3v) is 4.24. The molecule has 1 fully saturated rings. The van der Waals surface area contributed by atoms with E-state index in [-0.39, 0.29) is 13.2 Å². The van der Waals surface area contributed by atoms with Crippen LogP contribution in [0.25, 0.3) is 0 Å². The summed E-state index contributed by atoms with van der Waals surface area (Å²) in [5.41, 5.74) is 0.748. The lowest BCUT2D eigenvalue weighted by molar-refractivity contribution is -0.0514. The second kappa shape index (κ2) is 8.77. The maximum absolute atomic E-state index is 12.0. The Morgan fingerprint density at radius 1 is 0.741 bits per heavy atom. The quantitative estimate of drug-likeness (QED) is 0.734. The minimum atomic E-state index is -1.26. The molecular weight excluding hydrogens is 352 g/mol. The summed E-state index contributed by atoms with van der Waals surface area (Å²) >= 11 is 0. The SMILES string of the molecule is O=C(OCC1OC(COC(=O)c2ccccc2)C(O)C1O)c1ccccc1. The Balaban J connectivity index is 1.50. The van der Waals surface area contributed by atoms with Gasteiger partial charge in [-0.3, -0.25) is 0 Å². The van der Waals surface area contributed by atoms with Crippen LogP contribution in [0, 0.1) is 0 Å². The average molecular weight is 372 g/mol. The van der Waals surface area contributed by atoms with Crippen LogP contribution in [-0.4, -0.2) is 59.8 Å². The molecule has 142 valence electrons. The highest BCUT2D eigenvalue weighted by atomic mass is 16.6. The summed E-state index contributed by atoms with van der Waals surface area (Å²) in [4.78, 5) is 23.9. The Kier molecular flexibility index (Phi) is 6.18. The molecule has 1 aliphatic rings. The molecule has 4 atom stereocenters. The first kappa shape index (κ1) is 19.0. The average Bonchev–Trinajstić information content (AvgIpc) is 2.99. The molecule has 0 amide bonds. The van der Waals surface area contributed by atoms with Gasteiger partial charge in [-0.1, -0.05) is 36.4 Å². The summed E-state index contributed by atoms with van der Waals surface area (Å²) in [6, 6.07) is 16.8. The summed E-state index contributed by atoms with van der Waals surface area (Å²) in [7, 11) is 0. The number of carbonyl (C=O) groups is 2. The fourth-order valence-corrected chi connectivity index (χ4v) is 2.73. The van der Waals surface area contributed by atoms with Crippen LogP contribution in [0.4, 0.5) is 0 Å². The maximum atomic E-state index is 12.0. The molecule has 2 aromatic carbocycles. The molecule has 7 nitrogen and oxygen atoms in total. The monoisotopic (exact) mass is 372 g/mol. The van der Waals surface area contributed by atoms with Crippen molar-refractivity contribution < 1.29 is 34.0 Å². The van der Waals surface area contributed by atoms with Gasteiger partial charge in [0.25, 0.3) is 0 Å². The fraction of sp³-hybridized carbons (Fsp3) is 0.300. The Morgan fingerprint density at radius 2 is 1.11 bits per heavy atom. The summed E-state index contributed by atoms with van der Waals surface area (Å²) < 4.78 is 15.8. The minimum absolute atomic E-state index is 0.227. The number of ether oxygens (including phenoxy) is 3. The standard InChI is InChI=1S/C20H20O7/c21-17-15(11-25-19(23)13-7-3-1-4-8-13)27-16(18(17)22)12-26-20(24)14-9-5-2-6-10-14/h1-10,15-18,21-22H,11-12H2. The first-order valence-corrected chi connectivity index (χ1v) is 8.52. The molecule has 3 rings (SSSR count). The third kappa shape index (κ3) is 4.71. The van der Waals surface area contributed by atoms with Gasteiger partial charge in [-0.15, -0.1) is 0 Å². The highest BCUT2D eigenvalue weighted by Gasteiger charge is 2.43. The zero-order chi connectivity index (χ0) is 19.2. The summed E-state index contributed by atoms with van der Waals surface area (Å²) in [6.07, 6.45) is -4.33. The number of esters is 2. The van der Waals surface area contributed by atoms with E-state index in [1.807, 2.05) is 0 Å². The van der Waals surface area contributed by atoms with Crippen LogP contribution in [0.5, 0.6) is 0 Å². The van der Waals surface area contributed by atoms with Crippen LogP contribution in [0.3, 0.4) is 0 Å². The zero-order valence-corrected chi connectivity index (χ0v) is 14.4. The van der Waals surface area contributed by atoms with Crippen LogP contribution >= 0.6 is 0 Å². The molecule has 4 unspecified atom stereocenters. The number of hydrogen-bond acceptors (Lipinski definition) is 7. The topological polar surface area (TPSA) is 102 Å². The van der Waals surface area contributed by atoms with Gasteiger partial charge < -0.3 is 24.4 Å². The molecule has 0 aliphatic carbocycles. The number of aliphatic hydroxyl groups excluding tert-OH is 2. The van der Waals surface area contributed by atoms with Crippen LogP contribution in [-0.2, 0) is 14.2 Å². The van der Waals surface area contributed by atoms with Gasteiger partial charge in [-0.25, -0.2) is 9.59 Å². The van der Waals surface area contributed by atoms with Crippen molar-refractivity contribution in [2.24, 2.45) is 0 Å².